The molecule has 0 amide bonds. The zero-order valence-electron chi connectivity index (χ0n) is 14.7. The van der Waals surface area contributed by atoms with Crippen molar-refractivity contribution in [3.8, 4) is 0 Å². The highest BCUT2D eigenvalue weighted by atomic mass is 16.6. The second-order valence-corrected chi connectivity index (χ2v) is 7.03. The molecule has 0 spiro atoms. The molecule has 2 aliphatic carbocycles. The molecule has 4 atom stereocenters. The van der Waals surface area contributed by atoms with Crippen LogP contribution in [0.25, 0.3) is 0 Å². The highest BCUT2D eigenvalue weighted by Crippen LogP contribution is 2.47. The average Bonchev–Trinajstić information content (AvgIpc) is 3.10. The molecule has 2 aliphatic rings. The smallest absolute Gasteiger partial charge is 0.306 e. The highest BCUT2D eigenvalue weighted by Gasteiger charge is 2.48. The summed E-state index contributed by atoms with van der Waals surface area (Å²) in [5, 5.41) is 17.2. The van der Waals surface area contributed by atoms with Gasteiger partial charge in [-0.2, -0.15) is 0 Å². The Morgan fingerprint density at radius 3 is 1.38 bits per heavy atom. The van der Waals surface area contributed by atoms with Crippen molar-refractivity contribution in [2.45, 2.75) is 76.4 Å². The van der Waals surface area contributed by atoms with Crippen molar-refractivity contribution in [1.82, 2.24) is 0 Å². The highest BCUT2D eigenvalue weighted by molar-refractivity contribution is 5.72. The first-order valence-corrected chi connectivity index (χ1v) is 9.19. The molecule has 0 heterocycles. The monoisotopic (exact) mass is 370 g/mol. The summed E-state index contributed by atoms with van der Waals surface area (Å²) in [7, 11) is 0. The van der Waals surface area contributed by atoms with E-state index >= 15 is 0 Å². The van der Waals surface area contributed by atoms with Crippen LogP contribution in [0.15, 0.2) is 0 Å². The van der Waals surface area contributed by atoms with Gasteiger partial charge < -0.3 is 19.7 Å². The summed E-state index contributed by atoms with van der Waals surface area (Å²) in [5.41, 5.74) is 0. The molecule has 2 N–H and O–H groups in total. The van der Waals surface area contributed by atoms with Crippen molar-refractivity contribution in [1.29, 1.82) is 0 Å². The van der Waals surface area contributed by atoms with Crippen LogP contribution in [0, 0.1) is 11.8 Å². The van der Waals surface area contributed by atoms with Gasteiger partial charge in [0.25, 0.3) is 0 Å². The average molecular weight is 370 g/mol. The van der Waals surface area contributed by atoms with E-state index < -0.39 is 11.9 Å². The maximum atomic E-state index is 11.9. The van der Waals surface area contributed by atoms with Crippen LogP contribution < -0.4 is 0 Å². The molecule has 0 unspecified atom stereocenters. The van der Waals surface area contributed by atoms with Gasteiger partial charge in [0.15, 0.2) is 0 Å². The number of hydrogen-bond acceptors (Lipinski definition) is 6. The Bertz CT molecular complexity index is 495. The van der Waals surface area contributed by atoms with Crippen molar-refractivity contribution in [2.24, 2.45) is 11.8 Å². The predicted molar refractivity (Wildman–Crippen MR) is 88.2 cm³/mol. The van der Waals surface area contributed by atoms with Crippen LogP contribution in [-0.2, 0) is 28.7 Å². The lowest BCUT2D eigenvalue weighted by Gasteiger charge is -2.21. The van der Waals surface area contributed by atoms with Crippen LogP contribution >= 0.6 is 0 Å². The molecule has 26 heavy (non-hydrogen) atoms. The van der Waals surface area contributed by atoms with Gasteiger partial charge in [-0.05, 0) is 38.5 Å². The molecule has 0 saturated heterocycles. The van der Waals surface area contributed by atoms with Crippen molar-refractivity contribution >= 4 is 23.9 Å². The molecule has 0 aromatic rings. The third kappa shape index (κ3) is 6.00. The molecule has 0 aromatic carbocycles. The van der Waals surface area contributed by atoms with Gasteiger partial charge in [0, 0.05) is 37.5 Å². The van der Waals surface area contributed by atoms with E-state index in [1.165, 1.54) is 0 Å². The molecule has 2 fully saturated rings. The molecule has 0 radical (unpaired) electrons. The Labute approximate surface area is 151 Å². The Morgan fingerprint density at radius 1 is 0.654 bits per heavy atom. The number of hydrogen-bond donors (Lipinski definition) is 2. The normalized spacial score (nSPS) is 26.9. The second-order valence-electron chi connectivity index (χ2n) is 7.03. The summed E-state index contributed by atoms with van der Waals surface area (Å²) in [6.45, 7) is 0. The third-order valence-corrected chi connectivity index (χ3v) is 5.18. The third-order valence-electron chi connectivity index (χ3n) is 5.18. The van der Waals surface area contributed by atoms with Gasteiger partial charge in [-0.3, -0.25) is 19.2 Å². The molecular weight excluding hydrogens is 344 g/mol. The summed E-state index contributed by atoms with van der Waals surface area (Å²) in [6, 6.07) is 0. The number of carboxylic acid groups (broad SMARTS) is 2. The van der Waals surface area contributed by atoms with Crippen LogP contribution in [0.3, 0.4) is 0 Å². The minimum absolute atomic E-state index is 0.0499. The molecule has 2 rings (SSSR count). The minimum Gasteiger partial charge on any atom is -0.481 e. The van der Waals surface area contributed by atoms with E-state index in [4.69, 9.17) is 19.7 Å². The Morgan fingerprint density at radius 2 is 1.04 bits per heavy atom. The quantitative estimate of drug-likeness (QED) is 0.560. The van der Waals surface area contributed by atoms with E-state index in [-0.39, 0.29) is 74.5 Å². The number of fused-ring (bicyclic) bond motifs is 1. The molecule has 0 bridgehead atoms. The summed E-state index contributed by atoms with van der Waals surface area (Å²) in [6.07, 6.45) is 3.37. The number of ether oxygens (including phenoxy) is 2. The van der Waals surface area contributed by atoms with E-state index in [1.807, 2.05) is 0 Å². The number of aliphatic carboxylic acids is 2. The van der Waals surface area contributed by atoms with Gasteiger partial charge in [0.1, 0.15) is 12.2 Å². The number of carboxylic acids is 2. The lowest BCUT2D eigenvalue weighted by atomic mass is 9.98. The topological polar surface area (TPSA) is 127 Å². The van der Waals surface area contributed by atoms with Gasteiger partial charge >= 0.3 is 23.9 Å². The first kappa shape index (κ1) is 20.2. The fourth-order valence-electron chi connectivity index (χ4n) is 4.01. The Balaban J connectivity index is 1.72. The van der Waals surface area contributed by atoms with Crippen LogP contribution in [0.4, 0.5) is 0 Å². The van der Waals surface area contributed by atoms with Gasteiger partial charge in [-0.25, -0.2) is 0 Å². The number of carbonyl (C=O) groups excluding carboxylic acids is 2. The molecule has 0 aromatic heterocycles. The zero-order valence-corrected chi connectivity index (χ0v) is 14.7. The molecule has 8 heteroatoms. The Kier molecular flexibility index (Phi) is 7.41. The standard InChI is InChI=1S/C18H26O8/c19-15(20)3-1-5-17(23)25-13-9-7-12-11(13)8-10-14(12)26-18(24)6-2-4-16(21)22/h11-14H,1-10H2,(H,19,20)(H,21,22)/t11-,12-,13-,14-/m0/s1. The van der Waals surface area contributed by atoms with E-state index in [2.05, 4.69) is 0 Å². The van der Waals surface area contributed by atoms with E-state index in [1.54, 1.807) is 0 Å². The Hall–Kier alpha value is -2.12. The van der Waals surface area contributed by atoms with Crippen molar-refractivity contribution in [3.05, 3.63) is 0 Å². The van der Waals surface area contributed by atoms with E-state index in [0.29, 0.717) is 0 Å². The van der Waals surface area contributed by atoms with Gasteiger partial charge in [0.2, 0.25) is 0 Å². The van der Waals surface area contributed by atoms with Crippen molar-refractivity contribution in [2.75, 3.05) is 0 Å². The first-order chi connectivity index (χ1) is 12.4. The van der Waals surface area contributed by atoms with Crippen LogP contribution in [-0.4, -0.2) is 46.3 Å². The summed E-state index contributed by atoms with van der Waals surface area (Å²) in [5.74, 6) is -2.24. The first-order valence-electron chi connectivity index (χ1n) is 9.19. The summed E-state index contributed by atoms with van der Waals surface area (Å²) >= 11 is 0. The number of carbonyl (C=O) groups is 4. The van der Waals surface area contributed by atoms with Crippen LogP contribution in [0.5, 0.6) is 0 Å². The van der Waals surface area contributed by atoms with Gasteiger partial charge in [-0.1, -0.05) is 0 Å². The van der Waals surface area contributed by atoms with Gasteiger partial charge in [0.05, 0.1) is 0 Å². The lowest BCUT2D eigenvalue weighted by Crippen LogP contribution is -2.26. The van der Waals surface area contributed by atoms with Crippen LogP contribution in [0.2, 0.25) is 0 Å². The molecule has 146 valence electrons. The fraction of sp³-hybridized carbons (Fsp3) is 0.778. The summed E-state index contributed by atoms with van der Waals surface area (Å²) < 4.78 is 11.0. The summed E-state index contributed by atoms with van der Waals surface area (Å²) in [4.78, 5) is 44.7. The number of esters is 2. The number of rotatable bonds is 10. The fourth-order valence-corrected chi connectivity index (χ4v) is 4.01. The van der Waals surface area contributed by atoms with E-state index in [0.717, 1.165) is 25.7 Å². The van der Waals surface area contributed by atoms with Crippen molar-refractivity contribution < 1.29 is 38.9 Å². The maximum Gasteiger partial charge on any atom is 0.306 e. The predicted octanol–water partition coefficient (Wildman–Crippen LogP) is 2.14. The molecule has 0 aliphatic heterocycles. The lowest BCUT2D eigenvalue weighted by molar-refractivity contribution is -0.154. The molecular formula is C18H26O8. The largest absolute Gasteiger partial charge is 0.481 e. The second kappa shape index (κ2) is 9.54. The zero-order chi connectivity index (χ0) is 19.1. The SMILES string of the molecule is O=C(O)CCCC(=O)O[C@H]1CC[C@H]2[C@@H]1CC[C@@H]2OC(=O)CCCC(=O)O. The molecule has 2 saturated carbocycles. The van der Waals surface area contributed by atoms with Crippen molar-refractivity contribution in [3.63, 3.8) is 0 Å². The van der Waals surface area contributed by atoms with Gasteiger partial charge in [-0.15, -0.1) is 0 Å². The van der Waals surface area contributed by atoms with E-state index in [9.17, 15) is 19.2 Å². The molecule has 8 nitrogen and oxygen atoms in total. The minimum atomic E-state index is -0.928. The van der Waals surface area contributed by atoms with Crippen LogP contribution in [0.1, 0.15) is 64.2 Å². The maximum absolute atomic E-state index is 11.9.